The van der Waals surface area contributed by atoms with E-state index < -0.39 is 5.91 Å². The lowest BCUT2D eigenvalue weighted by Gasteiger charge is -2.15. The number of carbonyl (C=O) groups excluding carboxylic acids is 1. The zero-order valence-electron chi connectivity index (χ0n) is 10.5. The molecule has 5 N–H and O–H groups in total. The zero-order chi connectivity index (χ0) is 12.8. The highest BCUT2D eigenvalue weighted by Gasteiger charge is 2.08. The summed E-state index contributed by atoms with van der Waals surface area (Å²) in [5, 5.41) is 3.34. The summed E-state index contributed by atoms with van der Waals surface area (Å²) in [7, 11) is 0. The van der Waals surface area contributed by atoms with E-state index in [0.29, 0.717) is 17.3 Å². The topological polar surface area (TPSA) is 81.1 Å². The van der Waals surface area contributed by atoms with Crippen molar-refractivity contribution in [2.45, 2.75) is 39.2 Å². The lowest BCUT2D eigenvalue weighted by molar-refractivity contribution is 0.100. The van der Waals surface area contributed by atoms with Crippen LogP contribution in [-0.4, -0.2) is 11.9 Å². The number of nitrogens with two attached hydrogens (primary N) is 2. The highest BCUT2D eigenvalue weighted by molar-refractivity contribution is 5.98. The van der Waals surface area contributed by atoms with Crippen molar-refractivity contribution in [1.82, 2.24) is 0 Å². The molecule has 1 aromatic rings. The summed E-state index contributed by atoms with van der Waals surface area (Å²) in [5.41, 5.74) is 12.6. The van der Waals surface area contributed by atoms with Crippen molar-refractivity contribution in [2.75, 3.05) is 11.1 Å². The standard InChI is InChI=1S/C13H21N3O/c1-3-4-5-9(2)16-10-6-7-12(14)11(8-10)13(15)17/h6-9,16H,3-5,14H2,1-2H3,(H2,15,17). The van der Waals surface area contributed by atoms with E-state index in [1.807, 2.05) is 6.07 Å². The molecule has 17 heavy (non-hydrogen) atoms. The number of carbonyl (C=O) groups is 1. The second-order valence-electron chi connectivity index (χ2n) is 4.35. The molecular weight excluding hydrogens is 214 g/mol. The average molecular weight is 235 g/mol. The van der Waals surface area contributed by atoms with E-state index in [1.54, 1.807) is 12.1 Å². The van der Waals surface area contributed by atoms with E-state index in [-0.39, 0.29) is 0 Å². The number of hydrogen-bond donors (Lipinski definition) is 3. The first-order valence-corrected chi connectivity index (χ1v) is 6.00. The van der Waals surface area contributed by atoms with Crippen LogP contribution >= 0.6 is 0 Å². The van der Waals surface area contributed by atoms with Gasteiger partial charge >= 0.3 is 0 Å². The highest BCUT2D eigenvalue weighted by Crippen LogP contribution is 2.18. The van der Waals surface area contributed by atoms with E-state index in [4.69, 9.17) is 11.5 Å². The van der Waals surface area contributed by atoms with E-state index in [2.05, 4.69) is 19.2 Å². The Hall–Kier alpha value is -1.71. The predicted octanol–water partition coefficient (Wildman–Crippen LogP) is 2.36. The Labute approximate surface area is 102 Å². The molecule has 0 fully saturated rings. The number of hydrogen-bond acceptors (Lipinski definition) is 3. The van der Waals surface area contributed by atoms with E-state index in [9.17, 15) is 4.79 Å². The number of benzene rings is 1. The number of amides is 1. The molecule has 0 saturated carbocycles. The molecule has 4 nitrogen and oxygen atoms in total. The molecule has 0 heterocycles. The summed E-state index contributed by atoms with van der Waals surface area (Å²) in [5.74, 6) is -0.493. The number of nitrogen functional groups attached to an aromatic ring is 1. The maximum atomic E-state index is 11.1. The highest BCUT2D eigenvalue weighted by atomic mass is 16.1. The first-order valence-electron chi connectivity index (χ1n) is 6.00. The molecule has 0 saturated heterocycles. The van der Waals surface area contributed by atoms with Gasteiger partial charge in [0.15, 0.2) is 0 Å². The minimum absolute atomic E-state index is 0.373. The van der Waals surface area contributed by atoms with Gasteiger partial charge in [-0.3, -0.25) is 4.79 Å². The smallest absolute Gasteiger partial charge is 0.250 e. The molecular formula is C13H21N3O. The van der Waals surface area contributed by atoms with Crippen LogP contribution in [0.1, 0.15) is 43.5 Å². The van der Waals surface area contributed by atoms with Crippen molar-refractivity contribution in [1.29, 1.82) is 0 Å². The number of anilines is 2. The van der Waals surface area contributed by atoms with Crippen LogP contribution < -0.4 is 16.8 Å². The molecule has 0 aliphatic carbocycles. The monoisotopic (exact) mass is 235 g/mol. The van der Waals surface area contributed by atoms with Gasteiger partial charge in [-0.05, 0) is 31.5 Å². The van der Waals surface area contributed by atoms with Crippen LogP contribution in [0.2, 0.25) is 0 Å². The van der Waals surface area contributed by atoms with Gasteiger partial charge in [-0.2, -0.15) is 0 Å². The molecule has 1 aromatic carbocycles. The average Bonchev–Trinajstić information content (AvgIpc) is 2.28. The molecule has 0 radical (unpaired) electrons. The van der Waals surface area contributed by atoms with E-state index in [1.165, 1.54) is 12.8 Å². The van der Waals surface area contributed by atoms with E-state index in [0.717, 1.165) is 12.1 Å². The molecule has 94 valence electrons. The molecule has 0 aliphatic heterocycles. The van der Waals surface area contributed by atoms with Crippen molar-refractivity contribution < 1.29 is 4.79 Å². The van der Waals surface area contributed by atoms with Crippen LogP contribution in [0.25, 0.3) is 0 Å². The van der Waals surface area contributed by atoms with Crippen LogP contribution in [-0.2, 0) is 0 Å². The Bertz CT molecular complexity index is 390. The van der Waals surface area contributed by atoms with Gasteiger partial charge in [0.05, 0.1) is 5.56 Å². The third-order valence-corrected chi connectivity index (χ3v) is 2.72. The molecule has 0 bridgehead atoms. The van der Waals surface area contributed by atoms with Gasteiger partial charge in [-0.25, -0.2) is 0 Å². The third-order valence-electron chi connectivity index (χ3n) is 2.72. The van der Waals surface area contributed by atoms with Crippen molar-refractivity contribution in [3.05, 3.63) is 23.8 Å². The fraction of sp³-hybridized carbons (Fsp3) is 0.462. The zero-order valence-corrected chi connectivity index (χ0v) is 10.5. The largest absolute Gasteiger partial charge is 0.398 e. The molecule has 1 rings (SSSR count). The summed E-state index contributed by atoms with van der Waals surface area (Å²) >= 11 is 0. The van der Waals surface area contributed by atoms with Crippen molar-refractivity contribution >= 4 is 17.3 Å². The maximum absolute atomic E-state index is 11.1. The van der Waals surface area contributed by atoms with Gasteiger partial charge < -0.3 is 16.8 Å². The fourth-order valence-corrected chi connectivity index (χ4v) is 1.73. The molecule has 0 spiro atoms. The summed E-state index contributed by atoms with van der Waals surface area (Å²) in [6.07, 6.45) is 3.47. The van der Waals surface area contributed by atoms with Crippen molar-refractivity contribution in [3.63, 3.8) is 0 Å². The number of rotatable bonds is 6. The third kappa shape index (κ3) is 3.98. The van der Waals surface area contributed by atoms with Crippen LogP contribution in [0.4, 0.5) is 11.4 Å². The second kappa shape index (κ2) is 6.13. The minimum Gasteiger partial charge on any atom is -0.398 e. The van der Waals surface area contributed by atoms with Gasteiger partial charge in [0.25, 0.3) is 5.91 Å². The molecule has 0 aromatic heterocycles. The van der Waals surface area contributed by atoms with Crippen LogP contribution in [0.3, 0.4) is 0 Å². The van der Waals surface area contributed by atoms with E-state index >= 15 is 0 Å². The Morgan fingerprint density at radius 2 is 2.18 bits per heavy atom. The quantitative estimate of drug-likeness (QED) is 0.662. The number of primary amides is 1. The summed E-state index contributed by atoms with van der Waals surface area (Å²) in [4.78, 5) is 11.1. The van der Waals surface area contributed by atoms with Gasteiger partial charge in [-0.1, -0.05) is 19.8 Å². The Morgan fingerprint density at radius 3 is 2.76 bits per heavy atom. The second-order valence-corrected chi connectivity index (χ2v) is 4.35. The molecule has 1 amide bonds. The van der Waals surface area contributed by atoms with Gasteiger partial charge in [0, 0.05) is 17.4 Å². The number of unbranched alkanes of at least 4 members (excludes halogenated alkanes) is 1. The summed E-state index contributed by atoms with van der Waals surface area (Å²) < 4.78 is 0. The minimum atomic E-state index is -0.493. The first-order chi connectivity index (χ1) is 8.04. The Morgan fingerprint density at radius 1 is 1.47 bits per heavy atom. The normalized spacial score (nSPS) is 12.1. The number of nitrogens with one attached hydrogen (secondary N) is 1. The van der Waals surface area contributed by atoms with Gasteiger partial charge in [0.1, 0.15) is 0 Å². The Kier molecular flexibility index (Phi) is 4.82. The molecule has 1 unspecified atom stereocenters. The lowest BCUT2D eigenvalue weighted by Crippen LogP contribution is -2.17. The Balaban J connectivity index is 2.72. The van der Waals surface area contributed by atoms with Crippen molar-refractivity contribution in [2.24, 2.45) is 5.73 Å². The van der Waals surface area contributed by atoms with Gasteiger partial charge in [0.2, 0.25) is 0 Å². The summed E-state index contributed by atoms with van der Waals surface area (Å²) in [6, 6.07) is 5.65. The van der Waals surface area contributed by atoms with Crippen LogP contribution in [0.5, 0.6) is 0 Å². The van der Waals surface area contributed by atoms with Gasteiger partial charge in [-0.15, -0.1) is 0 Å². The van der Waals surface area contributed by atoms with Crippen LogP contribution in [0, 0.1) is 0 Å². The molecule has 1 atom stereocenters. The first kappa shape index (κ1) is 13.4. The molecule has 4 heteroatoms. The maximum Gasteiger partial charge on any atom is 0.250 e. The predicted molar refractivity (Wildman–Crippen MR) is 72.0 cm³/mol. The SMILES string of the molecule is CCCCC(C)Nc1ccc(N)c(C(N)=O)c1. The molecule has 0 aliphatic rings. The summed E-state index contributed by atoms with van der Waals surface area (Å²) in [6.45, 7) is 4.29. The van der Waals surface area contributed by atoms with Crippen LogP contribution in [0.15, 0.2) is 18.2 Å². The lowest BCUT2D eigenvalue weighted by atomic mass is 10.1. The van der Waals surface area contributed by atoms with Crippen molar-refractivity contribution in [3.8, 4) is 0 Å². The fourth-order valence-electron chi connectivity index (χ4n) is 1.73.